The molecule has 1 heterocycles. The van der Waals surface area contributed by atoms with Crippen molar-refractivity contribution < 1.29 is 9.72 Å². The van der Waals surface area contributed by atoms with Crippen LogP contribution in [0.5, 0.6) is 0 Å². The number of nitro groups is 1. The van der Waals surface area contributed by atoms with E-state index in [0.29, 0.717) is 17.2 Å². The van der Waals surface area contributed by atoms with Crippen LogP contribution >= 0.6 is 11.8 Å². The molecule has 1 amide bonds. The molecule has 3 rings (SSSR count). The zero-order chi connectivity index (χ0) is 19.2. The maximum absolute atomic E-state index is 12.1. The summed E-state index contributed by atoms with van der Waals surface area (Å²) in [6.07, 6.45) is 3.11. The SMILES string of the molecule is CCc1ccc(C[C@H]2S/C(=N/N=C\c3ccc([N+](=O)[O-])cc3)NC2=O)cc1. The van der Waals surface area contributed by atoms with Gasteiger partial charge in [-0.2, -0.15) is 5.10 Å². The van der Waals surface area contributed by atoms with E-state index < -0.39 is 4.92 Å². The van der Waals surface area contributed by atoms with Gasteiger partial charge in [0.15, 0.2) is 5.17 Å². The van der Waals surface area contributed by atoms with Gasteiger partial charge in [0, 0.05) is 12.1 Å². The lowest BCUT2D eigenvalue weighted by Gasteiger charge is -2.06. The highest BCUT2D eigenvalue weighted by molar-refractivity contribution is 8.15. The second kappa shape index (κ2) is 8.59. The van der Waals surface area contributed by atoms with E-state index in [2.05, 4.69) is 46.7 Å². The Morgan fingerprint density at radius 3 is 2.44 bits per heavy atom. The van der Waals surface area contributed by atoms with Gasteiger partial charge in [0.2, 0.25) is 5.91 Å². The normalized spacial score (nSPS) is 18.2. The first-order chi connectivity index (χ1) is 13.0. The van der Waals surface area contributed by atoms with Gasteiger partial charge < -0.3 is 5.32 Å². The van der Waals surface area contributed by atoms with E-state index in [1.54, 1.807) is 12.1 Å². The lowest BCUT2D eigenvalue weighted by molar-refractivity contribution is -0.384. The van der Waals surface area contributed by atoms with Crippen LogP contribution in [0.25, 0.3) is 0 Å². The summed E-state index contributed by atoms with van der Waals surface area (Å²) in [4.78, 5) is 22.3. The summed E-state index contributed by atoms with van der Waals surface area (Å²) in [5.41, 5.74) is 3.08. The van der Waals surface area contributed by atoms with Crippen LogP contribution < -0.4 is 5.32 Å². The molecule has 0 bridgehead atoms. The largest absolute Gasteiger partial charge is 0.303 e. The number of aryl methyl sites for hydroxylation is 1. The molecule has 0 saturated carbocycles. The summed E-state index contributed by atoms with van der Waals surface area (Å²) in [6.45, 7) is 2.11. The number of hydrogen-bond acceptors (Lipinski definition) is 6. The Kier molecular flexibility index (Phi) is 5.97. The highest BCUT2D eigenvalue weighted by atomic mass is 32.2. The third-order valence-electron chi connectivity index (χ3n) is 4.09. The molecule has 1 aliphatic heterocycles. The van der Waals surface area contributed by atoms with E-state index in [-0.39, 0.29) is 16.8 Å². The first-order valence-electron chi connectivity index (χ1n) is 8.46. The van der Waals surface area contributed by atoms with Crippen LogP contribution in [0, 0.1) is 10.1 Å². The standard InChI is InChI=1S/C19H18N4O3S/c1-2-13-3-5-14(6-4-13)11-17-18(24)21-19(27-17)22-20-12-15-7-9-16(10-8-15)23(25)26/h3-10,12,17H,2,11H2,1H3,(H,21,22,24)/b20-12-/t17-/m1/s1. The van der Waals surface area contributed by atoms with Crippen molar-refractivity contribution in [1.29, 1.82) is 0 Å². The fraction of sp³-hybridized carbons (Fsp3) is 0.211. The van der Waals surface area contributed by atoms with Crippen LogP contribution in [0.4, 0.5) is 5.69 Å². The van der Waals surface area contributed by atoms with E-state index in [4.69, 9.17) is 0 Å². The quantitative estimate of drug-likeness (QED) is 0.471. The molecule has 1 fully saturated rings. The van der Waals surface area contributed by atoms with Gasteiger partial charge in [-0.1, -0.05) is 43.0 Å². The van der Waals surface area contributed by atoms with Crippen molar-refractivity contribution in [3.05, 3.63) is 75.3 Å². The Bertz CT molecular complexity index is 892. The Morgan fingerprint density at radius 1 is 1.15 bits per heavy atom. The number of nitro benzene ring substituents is 1. The number of hydrogen-bond donors (Lipinski definition) is 1. The minimum absolute atomic E-state index is 0.0203. The number of carbonyl (C=O) groups excluding carboxylic acids is 1. The zero-order valence-corrected chi connectivity index (χ0v) is 15.5. The number of non-ortho nitro benzene ring substituents is 1. The molecule has 0 aliphatic carbocycles. The van der Waals surface area contributed by atoms with Crippen molar-refractivity contribution in [2.45, 2.75) is 25.0 Å². The highest BCUT2D eigenvalue weighted by Gasteiger charge is 2.30. The maximum Gasteiger partial charge on any atom is 0.269 e. The second-order valence-electron chi connectivity index (χ2n) is 5.97. The number of benzene rings is 2. The summed E-state index contributed by atoms with van der Waals surface area (Å²) in [7, 11) is 0. The fourth-order valence-electron chi connectivity index (χ4n) is 2.54. The summed E-state index contributed by atoms with van der Waals surface area (Å²) < 4.78 is 0. The van der Waals surface area contributed by atoms with E-state index in [9.17, 15) is 14.9 Å². The van der Waals surface area contributed by atoms with Crippen molar-refractivity contribution in [3.63, 3.8) is 0 Å². The third-order valence-corrected chi connectivity index (χ3v) is 5.16. The number of nitrogens with zero attached hydrogens (tertiary/aromatic N) is 3. The lowest BCUT2D eigenvalue weighted by atomic mass is 10.1. The second-order valence-corrected chi connectivity index (χ2v) is 7.16. The molecular weight excluding hydrogens is 364 g/mol. The minimum Gasteiger partial charge on any atom is -0.303 e. The lowest BCUT2D eigenvalue weighted by Crippen LogP contribution is -2.25. The van der Waals surface area contributed by atoms with Crippen LogP contribution in [0.1, 0.15) is 23.6 Å². The smallest absolute Gasteiger partial charge is 0.269 e. The van der Waals surface area contributed by atoms with E-state index in [1.165, 1.54) is 35.7 Å². The molecule has 0 radical (unpaired) electrons. The van der Waals surface area contributed by atoms with Crippen molar-refractivity contribution in [3.8, 4) is 0 Å². The molecule has 138 valence electrons. The topological polar surface area (TPSA) is 97.0 Å². The van der Waals surface area contributed by atoms with E-state index in [1.807, 2.05) is 0 Å². The third kappa shape index (κ3) is 5.01. The van der Waals surface area contributed by atoms with E-state index >= 15 is 0 Å². The van der Waals surface area contributed by atoms with Crippen molar-refractivity contribution >= 4 is 34.7 Å². The minimum atomic E-state index is -0.457. The predicted octanol–water partition coefficient (Wildman–Crippen LogP) is 3.32. The molecule has 1 N–H and O–H groups in total. The number of amides is 1. The number of carbonyl (C=O) groups is 1. The molecule has 27 heavy (non-hydrogen) atoms. The zero-order valence-electron chi connectivity index (χ0n) is 14.7. The van der Waals surface area contributed by atoms with Gasteiger partial charge in [0.1, 0.15) is 0 Å². The molecule has 1 saturated heterocycles. The molecule has 7 nitrogen and oxygen atoms in total. The summed E-state index contributed by atoms with van der Waals surface area (Å²) >= 11 is 1.35. The maximum atomic E-state index is 12.1. The first-order valence-corrected chi connectivity index (χ1v) is 9.34. The Labute approximate surface area is 160 Å². The summed E-state index contributed by atoms with van der Waals surface area (Å²) in [6, 6.07) is 14.2. The summed E-state index contributed by atoms with van der Waals surface area (Å²) in [5.74, 6) is -0.0798. The van der Waals surface area contributed by atoms with Crippen LogP contribution in [-0.2, 0) is 17.6 Å². The number of amidine groups is 1. The Hall–Kier alpha value is -3.00. The number of rotatable bonds is 6. The van der Waals surface area contributed by atoms with Crippen LogP contribution in [0.3, 0.4) is 0 Å². The van der Waals surface area contributed by atoms with Gasteiger partial charge in [0.25, 0.3) is 5.69 Å². The highest BCUT2D eigenvalue weighted by Crippen LogP contribution is 2.23. The molecule has 2 aromatic rings. The van der Waals surface area contributed by atoms with Gasteiger partial charge >= 0.3 is 0 Å². The number of thioether (sulfide) groups is 1. The van der Waals surface area contributed by atoms with Gasteiger partial charge in [-0.05, 0) is 41.7 Å². The van der Waals surface area contributed by atoms with Crippen LogP contribution in [0.15, 0.2) is 58.7 Å². The molecular formula is C19H18N4O3S. The Balaban J connectivity index is 1.59. The van der Waals surface area contributed by atoms with Crippen LogP contribution in [0.2, 0.25) is 0 Å². The molecule has 0 aromatic heterocycles. The molecule has 2 aromatic carbocycles. The van der Waals surface area contributed by atoms with Crippen molar-refractivity contribution in [1.82, 2.24) is 5.32 Å². The van der Waals surface area contributed by atoms with Gasteiger partial charge in [-0.3, -0.25) is 14.9 Å². The van der Waals surface area contributed by atoms with Crippen molar-refractivity contribution in [2.75, 3.05) is 0 Å². The average molecular weight is 382 g/mol. The van der Waals surface area contributed by atoms with Gasteiger partial charge in [-0.15, -0.1) is 5.10 Å². The molecule has 1 atom stereocenters. The van der Waals surface area contributed by atoms with E-state index in [0.717, 1.165) is 12.0 Å². The molecule has 1 aliphatic rings. The molecule has 0 unspecified atom stereocenters. The molecule has 8 heteroatoms. The average Bonchev–Trinajstić information content (AvgIpc) is 3.02. The number of nitrogens with one attached hydrogen (secondary N) is 1. The monoisotopic (exact) mass is 382 g/mol. The van der Waals surface area contributed by atoms with Gasteiger partial charge in [-0.25, -0.2) is 0 Å². The molecule has 0 spiro atoms. The Morgan fingerprint density at radius 2 is 1.81 bits per heavy atom. The van der Waals surface area contributed by atoms with Crippen molar-refractivity contribution in [2.24, 2.45) is 10.2 Å². The first kappa shape index (κ1) is 18.8. The van der Waals surface area contributed by atoms with Gasteiger partial charge in [0.05, 0.1) is 16.4 Å². The fourth-order valence-corrected chi connectivity index (χ4v) is 3.51. The predicted molar refractivity (Wildman–Crippen MR) is 107 cm³/mol. The summed E-state index contributed by atoms with van der Waals surface area (Å²) in [5, 5.41) is 21.6. The van der Waals surface area contributed by atoms with Crippen LogP contribution in [-0.4, -0.2) is 27.5 Å².